The van der Waals surface area contributed by atoms with Crippen LogP contribution in [0.25, 0.3) is 33.3 Å². The van der Waals surface area contributed by atoms with Crippen molar-refractivity contribution in [2.75, 3.05) is 0 Å². The van der Waals surface area contributed by atoms with E-state index in [2.05, 4.69) is 4.98 Å². The fourth-order valence-corrected chi connectivity index (χ4v) is 4.33. The minimum absolute atomic E-state index is 0.0508. The number of aromatic carboxylic acids is 1. The van der Waals surface area contributed by atoms with Crippen LogP contribution in [0.5, 0.6) is 0 Å². The third-order valence-electron chi connectivity index (χ3n) is 5.67. The van der Waals surface area contributed by atoms with E-state index in [1.54, 1.807) is 0 Å². The average molecular weight is 401 g/mol. The topological polar surface area (TPSA) is 50.2 Å². The summed E-state index contributed by atoms with van der Waals surface area (Å²) in [5, 5.41) is 10.2. The highest BCUT2D eigenvalue weighted by Crippen LogP contribution is 2.39. The molecule has 1 heterocycles. The molecule has 0 saturated carbocycles. The standard InChI is InChI=1S/C25H17F2NO2/c26-16-9-10-22-20(12-16)23(25(29)30)17-8-4-7-15-11-18(14-5-2-1-3-6-14)21(27)13-19(15)24(17)28-22/h1-3,5-6,9-13H,4,7-8H2,(H,29,30). The van der Waals surface area contributed by atoms with E-state index in [0.717, 1.165) is 11.1 Å². The van der Waals surface area contributed by atoms with Crippen LogP contribution in [-0.2, 0) is 12.8 Å². The van der Waals surface area contributed by atoms with E-state index < -0.39 is 11.8 Å². The molecule has 1 aliphatic carbocycles. The van der Waals surface area contributed by atoms with Crippen LogP contribution >= 0.6 is 0 Å². The van der Waals surface area contributed by atoms with Crippen molar-refractivity contribution in [2.24, 2.45) is 0 Å². The normalized spacial score (nSPS) is 12.9. The molecule has 0 unspecified atom stereocenters. The van der Waals surface area contributed by atoms with Crippen LogP contribution in [0, 0.1) is 11.6 Å². The van der Waals surface area contributed by atoms with Gasteiger partial charge in [-0.25, -0.2) is 18.6 Å². The first kappa shape index (κ1) is 18.4. The Balaban J connectivity index is 1.80. The van der Waals surface area contributed by atoms with E-state index in [1.807, 2.05) is 36.4 Å². The summed E-state index contributed by atoms with van der Waals surface area (Å²) < 4.78 is 28.9. The van der Waals surface area contributed by atoms with E-state index in [1.165, 1.54) is 24.3 Å². The molecule has 0 bridgehead atoms. The summed E-state index contributed by atoms with van der Waals surface area (Å²) in [6.45, 7) is 0. The summed E-state index contributed by atoms with van der Waals surface area (Å²) in [5.74, 6) is -2.03. The second-order valence-electron chi connectivity index (χ2n) is 7.49. The lowest BCUT2D eigenvalue weighted by molar-refractivity contribution is 0.0698. The number of pyridine rings is 1. The molecule has 4 aromatic rings. The summed E-state index contributed by atoms with van der Waals surface area (Å²) in [5.41, 5.74) is 4.27. The first-order valence-corrected chi connectivity index (χ1v) is 9.76. The van der Waals surface area contributed by atoms with Gasteiger partial charge in [0.05, 0.1) is 16.8 Å². The monoisotopic (exact) mass is 401 g/mol. The Morgan fingerprint density at radius 1 is 0.933 bits per heavy atom. The van der Waals surface area contributed by atoms with E-state index in [0.29, 0.717) is 47.2 Å². The average Bonchev–Trinajstić information content (AvgIpc) is 2.90. The Bertz CT molecular complexity index is 1320. The van der Waals surface area contributed by atoms with Crippen LogP contribution in [0.4, 0.5) is 8.78 Å². The first-order chi connectivity index (χ1) is 14.5. The predicted molar refractivity (Wildman–Crippen MR) is 112 cm³/mol. The minimum atomic E-state index is -1.13. The number of fused-ring (bicyclic) bond motifs is 4. The molecular weight excluding hydrogens is 384 g/mol. The van der Waals surface area contributed by atoms with E-state index in [9.17, 15) is 14.3 Å². The van der Waals surface area contributed by atoms with Gasteiger partial charge in [0.15, 0.2) is 0 Å². The zero-order chi connectivity index (χ0) is 20.8. The Morgan fingerprint density at radius 3 is 2.50 bits per heavy atom. The molecule has 3 nitrogen and oxygen atoms in total. The minimum Gasteiger partial charge on any atom is -0.478 e. The number of carbonyl (C=O) groups is 1. The second kappa shape index (κ2) is 7.02. The number of rotatable bonds is 2. The predicted octanol–water partition coefficient (Wildman–Crippen LogP) is 6.03. The molecule has 0 spiro atoms. The molecule has 5 heteroatoms. The van der Waals surface area contributed by atoms with Crippen molar-refractivity contribution in [2.45, 2.75) is 19.3 Å². The Labute approximate surface area is 171 Å². The molecule has 5 rings (SSSR count). The maximum absolute atomic E-state index is 15.1. The summed E-state index contributed by atoms with van der Waals surface area (Å²) in [7, 11) is 0. The largest absolute Gasteiger partial charge is 0.478 e. The van der Waals surface area contributed by atoms with Crippen molar-refractivity contribution < 1.29 is 18.7 Å². The van der Waals surface area contributed by atoms with Crippen LogP contribution in [0.2, 0.25) is 0 Å². The number of benzene rings is 3. The van der Waals surface area contributed by atoms with E-state index in [4.69, 9.17) is 0 Å². The molecule has 0 atom stereocenters. The van der Waals surface area contributed by atoms with Crippen molar-refractivity contribution in [3.05, 3.63) is 89.0 Å². The number of nitrogens with zero attached hydrogens (tertiary/aromatic N) is 1. The molecule has 1 aromatic heterocycles. The number of hydrogen-bond donors (Lipinski definition) is 1. The van der Waals surface area contributed by atoms with Gasteiger partial charge in [0.25, 0.3) is 0 Å². The number of halogens is 2. The molecule has 0 amide bonds. The van der Waals surface area contributed by atoms with Gasteiger partial charge in [-0.3, -0.25) is 0 Å². The van der Waals surface area contributed by atoms with Crippen molar-refractivity contribution in [3.8, 4) is 22.4 Å². The van der Waals surface area contributed by atoms with Crippen molar-refractivity contribution in [1.82, 2.24) is 4.98 Å². The number of hydrogen-bond acceptors (Lipinski definition) is 2. The Kier molecular flexibility index (Phi) is 4.31. The summed E-state index contributed by atoms with van der Waals surface area (Å²) in [4.78, 5) is 16.8. The summed E-state index contributed by atoms with van der Waals surface area (Å²) >= 11 is 0. The van der Waals surface area contributed by atoms with Crippen molar-refractivity contribution in [3.63, 3.8) is 0 Å². The van der Waals surface area contributed by atoms with Crippen molar-refractivity contribution >= 4 is 16.9 Å². The van der Waals surface area contributed by atoms with Crippen LogP contribution < -0.4 is 0 Å². The lowest BCUT2D eigenvalue weighted by atomic mass is 9.93. The fraction of sp³-hybridized carbons (Fsp3) is 0.120. The number of aromatic nitrogens is 1. The van der Waals surface area contributed by atoms with Crippen LogP contribution in [0.15, 0.2) is 60.7 Å². The third kappa shape index (κ3) is 2.94. The molecule has 0 fully saturated rings. The molecule has 1 aliphatic rings. The molecule has 148 valence electrons. The van der Waals surface area contributed by atoms with Crippen LogP contribution in [-0.4, -0.2) is 16.1 Å². The van der Waals surface area contributed by atoms with Gasteiger partial charge in [-0.1, -0.05) is 30.3 Å². The number of aryl methyl sites for hydroxylation is 1. The van der Waals surface area contributed by atoms with Gasteiger partial charge in [0.2, 0.25) is 0 Å². The lowest BCUT2D eigenvalue weighted by Crippen LogP contribution is -2.07. The zero-order valence-electron chi connectivity index (χ0n) is 16.0. The molecule has 0 aliphatic heterocycles. The molecule has 3 aromatic carbocycles. The van der Waals surface area contributed by atoms with E-state index in [-0.39, 0.29) is 16.8 Å². The number of carboxylic acids is 1. The number of carboxylic acid groups (broad SMARTS) is 1. The highest BCUT2D eigenvalue weighted by atomic mass is 19.1. The molecule has 0 radical (unpaired) electrons. The third-order valence-corrected chi connectivity index (χ3v) is 5.67. The fourth-order valence-electron chi connectivity index (χ4n) is 4.33. The van der Waals surface area contributed by atoms with Gasteiger partial charge in [0.1, 0.15) is 11.6 Å². The van der Waals surface area contributed by atoms with Gasteiger partial charge in [-0.15, -0.1) is 0 Å². The van der Waals surface area contributed by atoms with Crippen LogP contribution in [0.3, 0.4) is 0 Å². The zero-order valence-corrected chi connectivity index (χ0v) is 16.0. The van der Waals surface area contributed by atoms with Crippen molar-refractivity contribution in [1.29, 1.82) is 0 Å². The molecule has 30 heavy (non-hydrogen) atoms. The van der Waals surface area contributed by atoms with Gasteiger partial charge < -0.3 is 5.11 Å². The van der Waals surface area contributed by atoms with Gasteiger partial charge in [-0.2, -0.15) is 0 Å². The maximum Gasteiger partial charge on any atom is 0.336 e. The highest BCUT2D eigenvalue weighted by Gasteiger charge is 2.26. The second-order valence-corrected chi connectivity index (χ2v) is 7.49. The van der Waals surface area contributed by atoms with Crippen LogP contribution in [0.1, 0.15) is 27.9 Å². The Morgan fingerprint density at radius 2 is 1.73 bits per heavy atom. The molecule has 1 N–H and O–H groups in total. The van der Waals surface area contributed by atoms with Gasteiger partial charge >= 0.3 is 5.97 Å². The maximum atomic E-state index is 15.1. The Hall–Kier alpha value is -3.60. The van der Waals surface area contributed by atoms with Gasteiger partial charge in [-0.05, 0) is 66.3 Å². The van der Waals surface area contributed by atoms with E-state index >= 15 is 4.39 Å². The lowest BCUT2D eigenvalue weighted by Gasteiger charge is -2.15. The molecular formula is C25H17F2NO2. The SMILES string of the molecule is O=C(O)c1c2c(nc3ccc(F)cc13)-c1cc(F)c(-c3ccccc3)cc1CCC2. The highest BCUT2D eigenvalue weighted by molar-refractivity contribution is 6.06. The summed E-state index contributed by atoms with van der Waals surface area (Å²) in [6.07, 6.45) is 1.85. The smallest absolute Gasteiger partial charge is 0.336 e. The quantitative estimate of drug-likeness (QED) is 0.446. The summed E-state index contributed by atoms with van der Waals surface area (Å²) in [6, 6.07) is 16.5. The molecule has 0 saturated heterocycles. The first-order valence-electron chi connectivity index (χ1n) is 9.76. The van der Waals surface area contributed by atoms with Gasteiger partial charge in [0, 0.05) is 16.5 Å².